The Hall–Kier alpha value is -2.78. The molecule has 0 aromatic heterocycles. The molecule has 1 N–H and O–H groups in total. The predicted molar refractivity (Wildman–Crippen MR) is 118 cm³/mol. The van der Waals surface area contributed by atoms with Crippen LogP contribution in [-0.4, -0.2) is 19.6 Å². The zero-order valence-electron chi connectivity index (χ0n) is 16.9. The van der Waals surface area contributed by atoms with E-state index < -0.39 is 5.91 Å². The lowest BCUT2D eigenvalue weighted by atomic mass is 10.1. The van der Waals surface area contributed by atoms with Crippen LogP contribution in [0.2, 0.25) is 0 Å². The van der Waals surface area contributed by atoms with Crippen LogP contribution in [0.15, 0.2) is 52.5 Å². The van der Waals surface area contributed by atoms with Gasteiger partial charge in [0.25, 0.3) is 5.91 Å². The quantitative estimate of drug-likeness (QED) is 0.420. The number of methoxy groups -OCH3 is 1. The highest BCUT2D eigenvalue weighted by molar-refractivity contribution is 9.10. The second-order valence-electron chi connectivity index (χ2n) is 6.91. The van der Waals surface area contributed by atoms with Crippen molar-refractivity contribution in [2.24, 2.45) is 5.92 Å². The molecule has 0 radical (unpaired) electrons. The van der Waals surface area contributed by atoms with Gasteiger partial charge in [-0.25, -0.2) is 0 Å². The van der Waals surface area contributed by atoms with Crippen LogP contribution < -0.4 is 14.8 Å². The standard InChI is InChI=1S/C23H25BrN2O3/c1-16(2)10-11-29-22-9-6-20(24)13-18(22)12-19(14-25)23(27)26-15-17-4-7-21(28-3)8-5-17/h4-9,12-13,16H,10-11,15H2,1-3H3,(H,26,27). The van der Waals surface area contributed by atoms with Crippen molar-refractivity contribution in [3.8, 4) is 17.6 Å². The summed E-state index contributed by atoms with van der Waals surface area (Å²) in [7, 11) is 1.60. The lowest BCUT2D eigenvalue weighted by molar-refractivity contribution is -0.117. The Morgan fingerprint density at radius 2 is 1.97 bits per heavy atom. The van der Waals surface area contributed by atoms with E-state index >= 15 is 0 Å². The number of hydrogen-bond acceptors (Lipinski definition) is 4. The van der Waals surface area contributed by atoms with Crippen molar-refractivity contribution in [1.82, 2.24) is 5.32 Å². The number of carbonyl (C=O) groups is 1. The van der Waals surface area contributed by atoms with Gasteiger partial charge < -0.3 is 14.8 Å². The van der Waals surface area contributed by atoms with Crippen molar-refractivity contribution >= 4 is 27.9 Å². The average molecular weight is 457 g/mol. The molecule has 0 aliphatic rings. The van der Waals surface area contributed by atoms with E-state index in [0.717, 1.165) is 22.2 Å². The van der Waals surface area contributed by atoms with Crippen molar-refractivity contribution in [2.45, 2.75) is 26.8 Å². The van der Waals surface area contributed by atoms with E-state index in [9.17, 15) is 10.1 Å². The highest BCUT2D eigenvalue weighted by atomic mass is 79.9. The van der Waals surface area contributed by atoms with Gasteiger partial charge in [0.1, 0.15) is 23.1 Å². The molecule has 2 aromatic carbocycles. The van der Waals surface area contributed by atoms with E-state index in [4.69, 9.17) is 9.47 Å². The molecule has 0 unspecified atom stereocenters. The third kappa shape index (κ3) is 7.28. The third-order valence-corrected chi connectivity index (χ3v) is 4.69. The predicted octanol–water partition coefficient (Wildman–Crippen LogP) is 5.11. The fraction of sp³-hybridized carbons (Fsp3) is 0.304. The Bertz CT molecular complexity index is 899. The first kappa shape index (κ1) is 22.5. The number of rotatable bonds is 9. The maximum absolute atomic E-state index is 12.5. The molecule has 0 saturated carbocycles. The van der Waals surface area contributed by atoms with Crippen molar-refractivity contribution in [3.63, 3.8) is 0 Å². The molecule has 0 bridgehead atoms. The first-order chi connectivity index (χ1) is 13.9. The number of benzene rings is 2. The highest BCUT2D eigenvalue weighted by Gasteiger charge is 2.12. The summed E-state index contributed by atoms with van der Waals surface area (Å²) in [6, 6.07) is 14.9. The highest BCUT2D eigenvalue weighted by Crippen LogP contribution is 2.26. The maximum Gasteiger partial charge on any atom is 0.262 e. The van der Waals surface area contributed by atoms with Gasteiger partial charge in [0.05, 0.1) is 13.7 Å². The third-order valence-electron chi connectivity index (χ3n) is 4.20. The van der Waals surface area contributed by atoms with E-state index in [2.05, 4.69) is 35.1 Å². The zero-order chi connectivity index (χ0) is 21.2. The molecular weight excluding hydrogens is 432 g/mol. The summed E-state index contributed by atoms with van der Waals surface area (Å²) in [5.74, 6) is 1.49. The van der Waals surface area contributed by atoms with Crippen molar-refractivity contribution in [3.05, 3.63) is 63.6 Å². The SMILES string of the molecule is COc1ccc(CNC(=O)C(C#N)=Cc2cc(Br)ccc2OCCC(C)C)cc1. The molecule has 0 aliphatic heterocycles. The lowest BCUT2D eigenvalue weighted by Crippen LogP contribution is -2.23. The largest absolute Gasteiger partial charge is 0.497 e. The Morgan fingerprint density at radius 3 is 2.59 bits per heavy atom. The molecular formula is C23H25BrN2O3. The zero-order valence-corrected chi connectivity index (χ0v) is 18.5. The van der Waals surface area contributed by atoms with Gasteiger partial charge >= 0.3 is 0 Å². The number of nitrogens with zero attached hydrogens (tertiary/aromatic N) is 1. The summed E-state index contributed by atoms with van der Waals surface area (Å²) in [5.41, 5.74) is 1.61. The monoisotopic (exact) mass is 456 g/mol. The van der Waals surface area contributed by atoms with E-state index in [1.54, 1.807) is 13.2 Å². The first-order valence-corrected chi connectivity index (χ1v) is 10.2. The summed E-state index contributed by atoms with van der Waals surface area (Å²) >= 11 is 3.43. The van der Waals surface area contributed by atoms with Crippen molar-refractivity contribution < 1.29 is 14.3 Å². The molecule has 152 valence electrons. The lowest BCUT2D eigenvalue weighted by Gasteiger charge is -2.12. The second-order valence-corrected chi connectivity index (χ2v) is 7.83. The average Bonchev–Trinajstić information content (AvgIpc) is 2.71. The molecule has 1 amide bonds. The summed E-state index contributed by atoms with van der Waals surface area (Å²) in [5, 5.41) is 12.3. The minimum Gasteiger partial charge on any atom is -0.497 e. The van der Waals surface area contributed by atoms with Gasteiger partial charge in [0.2, 0.25) is 0 Å². The summed E-state index contributed by atoms with van der Waals surface area (Å²) in [6.07, 6.45) is 2.48. The Balaban J connectivity index is 2.11. The van der Waals surface area contributed by atoms with Crippen LogP contribution in [0, 0.1) is 17.2 Å². The van der Waals surface area contributed by atoms with Gasteiger partial charge in [-0.2, -0.15) is 5.26 Å². The fourth-order valence-electron chi connectivity index (χ4n) is 2.49. The molecule has 6 heteroatoms. The van der Waals surface area contributed by atoms with Crippen LogP contribution >= 0.6 is 15.9 Å². The van der Waals surface area contributed by atoms with Gasteiger partial charge in [-0.15, -0.1) is 0 Å². The molecule has 0 saturated heterocycles. The van der Waals surface area contributed by atoms with Crippen LogP contribution in [-0.2, 0) is 11.3 Å². The maximum atomic E-state index is 12.5. The van der Waals surface area contributed by atoms with Gasteiger partial charge in [0.15, 0.2) is 0 Å². The van der Waals surface area contributed by atoms with Crippen LogP contribution in [0.5, 0.6) is 11.5 Å². The molecule has 5 nitrogen and oxygen atoms in total. The molecule has 0 atom stereocenters. The summed E-state index contributed by atoms with van der Waals surface area (Å²) < 4.78 is 11.8. The molecule has 0 aliphatic carbocycles. The van der Waals surface area contributed by atoms with Crippen LogP contribution in [0.3, 0.4) is 0 Å². The number of carbonyl (C=O) groups excluding carboxylic acids is 1. The van der Waals surface area contributed by atoms with Gasteiger partial charge in [-0.3, -0.25) is 4.79 Å². The van der Waals surface area contributed by atoms with Gasteiger partial charge in [-0.05, 0) is 54.3 Å². The van der Waals surface area contributed by atoms with Crippen molar-refractivity contribution in [1.29, 1.82) is 5.26 Å². The molecule has 2 rings (SSSR count). The van der Waals surface area contributed by atoms with E-state index in [1.165, 1.54) is 0 Å². The molecule has 0 spiro atoms. The Kier molecular flexibility index (Phi) is 8.75. The molecule has 2 aromatic rings. The number of nitriles is 1. The first-order valence-electron chi connectivity index (χ1n) is 9.38. The minimum atomic E-state index is -0.434. The molecule has 0 fully saturated rings. The van der Waals surface area contributed by atoms with Crippen LogP contribution in [0.25, 0.3) is 6.08 Å². The van der Waals surface area contributed by atoms with E-state index in [0.29, 0.717) is 30.4 Å². The van der Waals surface area contributed by atoms with E-state index in [1.807, 2.05) is 48.5 Å². The van der Waals surface area contributed by atoms with Gasteiger partial charge in [-0.1, -0.05) is 41.9 Å². The Morgan fingerprint density at radius 1 is 1.24 bits per heavy atom. The number of ether oxygens (including phenoxy) is 2. The minimum absolute atomic E-state index is 0.0188. The summed E-state index contributed by atoms with van der Waals surface area (Å²) in [6.45, 7) is 5.16. The normalized spacial score (nSPS) is 11.1. The molecule has 29 heavy (non-hydrogen) atoms. The van der Waals surface area contributed by atoms with E-state index in [-0.39, 0.29) is 5.57 Å². The number of hydrogen-bond donors (Lipinski definition) is 1. The van der Waals surface area contributed by atoms with Crippen LogP contribution in [0.1, 0.15) is 31.4 Å². The topological polar surface area (TPSA) is 71.3 Å². The number of amides is 1. The van der Waals surface area contributed by atoms with Crippen molar-refractivity contribution in [2.75, 3.05) is 13.7 Å². The smallest absolute Gasteiger partial charge is 0.262 e. The number of halogens is 1. The van der Waals surface area contributed by atoms with Crippen LogP contribution in [0.4, 0.5) is 0 Å². The second kappa shape index (κ2) is 11.3. The van der Waals surface area contributed by atoms with Gasteiger partial charge in [0, 0.05) is 16.6 Å². The Labute approximate surface area is 180 Å². The number of nitrogens with one attached hydrogen (secondary N) is 1. The fourth-order valence-corrected chi connectivity index (χ4v) is 2.87. The molecule has 0 heterocycles. The summed E-state index contributed by atoms with van der Waals surface area (Å²) in [4.78, 5) is 12.5.